The van der Waals surface area contributed by atoms with E-state index in [-0.39, 0.29) is 22.5 Å². The van der Waals surface area contributed by atoms with Crippen LogP contribution in [0.15, 0.2) is 72.8 Å². The smallest absolute Gasteiger partial charge is 0.506 e. The molecule has 0 aliphatic heterocycles. The molecule has 6 rings (SSSR count). The van der Waals surface area contributed by atoms with E-state index in [1.54, 1.807) is 36.4 Å². The second kappa shape index (κ2) is 14.6. The Kier molecular flexibility index (Phi) is 11.3. The Bertz CT molecular complexity index is 2280. The first-order valence-corrected chi connectivity index (χ1v) is 17.0. The van der Waals surface area contributed by atoms with Gasteiger partial charge in [-0.15, -0.1) is 3.63 Å². The molecule has 10 nitrogen and oxygen atoms in total. The van der Waals surface area contributed by atoms with Crippen molar-refractivity contribution in [1.82, 2.24) is 19.9 Å². The first-order chi connectivity index (χ1) is 23.5. The van der Waals surface area contributed by atoms with Crippen molar-refractivity contribution in [3.8, 4) is 28.5 Å². The SMILES string of the molecule is Cc1ccc(Cl)nc1-c1cc2c(F)cccc2[nH]1.O=S(=O)(OS(=O)(=O)C(F)(F)F)C(F)(F)F.Oc1ccc(Cl)nc1-c1cc2c(F)cccc2[nH]1. The third-order valence-electron chi connectivity index (χ3n) is 6.38. The average molecular weight is 806 g/mol. The number of hydrogen-bond donors (Lipinski definition) is 3. The highest BCUT2D eigenvalue weighted by Crippen LogP contribution is 2.33. The van der Waals surface area contributed by atoms with Gasteiger partial charge in [0.15, 0.2) is 0 Å². The molecule has 0 spiro atoms. The highest BCUT2D eigenvalue weighted by atomic mass is 35.5. The van der Waals surface area contributed by atoms with Crippen molar-refractivity contribution in [1.29, 1.82) is 0 Å². The fraction of sp³-hybridized carbons (Fsp3) is 0.103. The van der Waals surface area contributed by atoms with Gasteiger partial charge < -0.3 is 15.1 Å². The highest BCUT2D eigenvalue weighted by molar-refractivity contribution is 8.00. The predicted octanol–water partition coefficient (Wildman–Crippen LogP) is 8.76. The number of aromatic hydroxyl groups is 1. The number of halogens is 10. The summed E-state index contributed by atoms with van der Waals surface area (Å²) in [4.78, 5) is 14.5. The Balaban J connectivity index is 0.000000173. The van der Waals surface area contributed by atoms with E-state index >= 15 is 0 Å². The summed E-state index contributed by atoms with van der Waals surface area (Å²) in [7, 11) is -13.7. The standard InChI is InChI=1S/C14H10ClFN2.C13H8ClFN2O.C2F6O5S2/c1-8-5-6-13(15)18-14(8)12-7-9-10(16)3-2-4-11(9)17-12;14-12-5-4-11(18)13(17-12)10-6-7-8(15)2-1-3-9(7)16-10;3-1(4,5)14(9,10)13-15(11,12)2(6,7)8/h2-7,17H,1H3;1-6,16,18H;. The zero-order valence-corrected chi connectivity index (χ0v) is 28.1. The van der Waals surface area contributed by atoms with Crippen LogP contribution in [0.1, 0.15) is 5.56 Å². The van der Waals surface area contributed by atoms with Crippen LogP contribution in [0.2, 0.25) is 10.3 Å². The van der Waals surface area contributed by atoms with Crippen LogP contribution in [0, 0.1) is 18.6 Å². The fourth-order valence-corrected chi connectivity index (χ4v) is 5.95. The number of alkyl halides is 6. The summed E-state index contributed by atoms with van der Waals surface area (Å²) in [6, 6.07) is 19.6. The number of aromatic amines is 2. The van der Waals surface area contributed by atoms with Gasteiger partial charge >= 0.3 is 31.3 Å². The molecule has 0 saturated heterocycles. The van der Waals surface area contributed by atoms with Crippen molar-refractivity contribution in [2.45, 2.75) is 17.9 Å². The van der Waals surface area contributed by atoms with E-state index in [1.807, 2.05) is 22.7 Å². The quantitative estimate of drug-likeness (QED) is 0.0908. The molecule has 3 N–H and O–H groups in total. The number of H-pyrrole nitrogens is 2. The van der Waals surface area contributed by atoms with E-state index in [0.717, 1.165) is 22.5 Å². The van der Waals surface area contributed by atoms with Crippen molar-refractivity contribution < 1.29 is 60.7 Å². The lowest BCUT2D eigenvalue weighted by Crippen LogP contribution is -2.34. The van der Waals surface area contributed by atoms with Crippen molar-refractivity contribution in [2.24, 2.45) is 0 Å². The molecule has 0 saturated carbocycles. The molecular weight excluding hydrogens is 787 g/mol. The maximum Gasteiger partial charge on any atom is 0.524 e. The van der Waals surface area contributed by atoms with Gasteiger partial charge in [0.05, 0.1) is 17.1 Å². The zero-order chi connectivity index (χ0) is 38.1. The molecule has 0 aliphatic rings. The summed E-state index contributed by atoms with van der Waals surface area (Å²) in [6.45, 7) is 1.94. The maximum atomic E-state index is 13.6. The van der Waals surface area contributed by atoms with E-state index in [4.69, 9.17) is 23.2 Å². The van der Waals surface area contributed by atoms with Gasteiger partial charge in [0.2, 0.25) is 0 Å². The second-order valence-electron chi connectivity index (χ2n) is 9.94. The number of nitrogens with one attached hydrogen (secondary N) is 2. The summed E-state index contributed by atoms with van der Waals surface area (Å²) >= 11 is 11.7. The van der Waals surface area contributed by atoms with Crippen LogP contribution < -0.4 is 0 Å². The minimum Gasteiger partial charge on any atom is -0.506 e. The molecule has 4 heterocycles. The summed E-state index contributed by atoms with van der Waals surface area (Å²) in [5.41, 5.74) is -7.78. The van der Waals surface area contributed by atoms with Crippen LogP contribution in [0.25, 0.3) is 44.6 Å². The molecule has 0 radical (unpaired) electrons. The topological polar surface area (TPSA) is 155 Å². The molecule has 0 fully saturated rings. The minimum absolute atomic E-state index is 0.00800. The van der Waals surface area contributed by atoms with Gasteiger partial charge in [0.25, 0.3) is 0 Å². The molecule has 0 aliphatic carbocycles. The van der Waals surface area contributed by atoms with E-state index in [9.17, 15) is 57.1 Å². The largest absolute Gasteiger partial charge is 0.524 e. The third kappa shape index (κ3) is 9.06. The lowest BCUT2D eigenvalue weighted by atomic mass is 10.1. The Morgan fingerprint density at radius 1 is 0.667 bits per heavy atom. The summed E-state index contributed by atoms with van der Waals surface area (Å²) in [5.74, 6) is -0.572. The molecule has 2 aromatic carbocycles. The summed E-state index contributed by atoms with van der Waals surface area (Å²) < 4.78 is 137. The molecule has 0 atom stereocenters. The first kappa shape index (κ1) is 39.3. The van der Waals surface area contributed by atoms with Gasteiger partial charge in [-0.3, -0.25) is 0 Å². The Morgan fingerprint density at radius 3 is 1.51 bits per heavy atom. The van der Waals surface area contributed by atoms with Gasteiger partial charge in [0.1, 0.15) is 33.4 Å². The monoisotopic (exact) mass is 804 g/mol. The predicted molar refractivity (Wildman–Crippen MR) is 170 cm³/mol. The summed E-state index contributed by atoms with van der Waals surface area (Å²) in [6.07, 6.45) is 0. The Labute approximate surface area is 291 Å². The lowest BCUT2D eigenvalue weighted by molar-refractivity contribution is -0.0585. The normalized spacial score (nSPS) is 12.3. The molecule has 0 amide bonds. The number of nitrogens with zero attached hydrogens (tertiary/aromatic N) is 2. The molecule has 0 bridgehead atoms. The highest BCUT2D eigenvalue weighted by Gasteiger charge is 2.57. The number of rotatable bonds is 4. The number of fused-ring (bicyclic) bond motifs is 2. The molecule has 6 aromatic rings. The van der Waals surface area contributed by atoms with E-state index in [0.29, 0.717) is 32.8 Å². The van der Waals surface area contributed by atoms with Gasteiger partial charge in [-0.1, -0.05) is 41.4 Å². The molecule has 22 heteroatoms. The number of aromatic nitrogens is 4. The Hall–Kier alpha value is -4.50. The van der Waals surface area contributed by atoms with E-state index < -0.39 is 31.3 Å². The van der Waals surface area contributed by atoms with Crippen molar-refractivity contribution >= 4 is 65.2 Å². The molecule has 272 valence electrons. The van der Waals surface area contributed by atoms with Crippen molar-refractivity contribution in [3.05, 3.63) is 100 Å². The maximum absolute atomic E-state index is 13.6. The second-order valence-corrected chi connectivity index (χ2v) is 14.0. The molecular formula is C29H18Cl2F8N4O6S2. The van der Waals surface area contributed by atoms with Crippen LogP contribution >= 0.6 is 23.2 Å². The third-order valence-corrected chi connectivity index (χ3v) is 9.37. The molecule has 51 heavy (non-hydrogen) atoms. The molecule has 0 unspecified atom stereocenters. The number of hydrogen-bond acceptors (Lipinski definition) is 8. The van der Waals surface area contributed by atoms with Crippen molar-refractivity contribution in [3.63, 3.8) is 0 Å². The zero-order valence-electron chi connectivity index (χ0n) is 24.9. The number of aryl methyl sites for hydroxylation is 1. The fourth-order valence-electron chi connectivity index (χ4n) is 4.09. The number of pyridine rings is 2. The van der Waals surface area contributed by atoms with E-state index in [2.05, 4.69) is 19.9 Å². The Morgan fingerprint density at radius 2 is 1.08 bits per heavy atom. The van der Waals surface area contributed by atoms with Crippen LogP contribution in [0.3, 0.4) is 0 Å². The van der Waals surface area contributed by atoms with Gasteiger partial charge in [-0.05, 0) is 67.1 Å². The van der Waals surface area contributed by atoms with E-state index in [1.165, 1.54) is 24.3 Å². The number of benzene rings is 2. The van der Waals surface area contributed by atoms with Crippen LogP contribution in [-0.2, 0) is 23.9 Å². The first-order valence-electron chi connectivity index (χ1n) is 13.4. The lowest BCUT2D eigenvalue weighted by Gasteiger charge is -2.09. The average Bonchev–Trinajstić information content (AvgIpc) is 3.65. The van der Waals surface area contributed by atoms with Crippen LogP contribution in [-0.4, -0.2) is 52.9 Å². The summed E-state index contributed by atoms with van der Waals surface area (Å²) in [5, 5.41) is 11.5. The van der Waals surface area contributed by atoms with Crippen LogP contribution in [0.5, 0.6) is 5.75 Å². The molecule has 4 aromatic heterocycles. The van der Waals surface area contributed by atoms with Gasteiger partial charge in [0, 0.05) is 21.8 Å². The van der Waals surface area contributed by atoms with Crippen molar-refractivity contribution in [2.75, 3.05) is 0 Å². The van der Waals surface area contributed by atoms with Crippen LogP contribution in [0.4, 0.5) is 35.1 Å². The van der Waals surface area contributed by atoms with Gasteiger partial charge in [-0.25, -0.2) is 18.7 Å². The minimum atomic E-state index is -6.85. The van der Waals surface area contributed by atoms with Gasteiger partial charge in [-0.2, -0.15) is 43.2 Å².